The van der Waals surface area contributed by atoms with Crippen LogP contribution in [-0.4, -0.2) is 25.9 Å². The number of rotatable bonds is 6. The smallest absolute Gasteiger partial charge is 0.242 e. The van der Waals surface area contributed by atoms with Gasteiger partial charge < -0.3 is 5.32 Å². The van der Waals surface area contributed by atoms with E-state index in [1.54, 1.807) is 36.7 Å². The van der Waals surface area contributed by atoms with E-state index in [0.717, 1.165) is 5.56 Å². The van der Waals surface area contributed by atoms with E-state index in [1.807, 2.05) is 0 Å². The van der Waals surface area contributed by atoms with E-state index in [1.165, 1.54) is 12.1 Å². The van der Waals surface area contributed by atoms with Gasteiger partial charge in [-0.3, -0.25) is 9.78 Å². The fourth-order valence-corrected chi connectivity index (χ4v) is 3.17. The van der Waals surface area contributed by atoms with Crippen molar-refractivity contribution in [1.82, 2.24) is 15.0 Å². The molecule has 0 atom stereocenters. The van der Waals surface area contributed by atoms with Gasteiger partial charge in [-0.15, -0.1) is 0 Å². The Morgan fingerprint density at radius 2 is 1.95 bits per heavy atom. The quantitative estimate of drug-likeness (QED) is 0.831. The summed E-state index contributed by atoms with van der Waals surface area (Å²) in [6.07, 6.45) is 3.25. The highest BCUT2D eigenvalue weighted by atomic mass is 35.5. The Morgan fingerprint density at radius 1 is 1.18 bits per heavy atom. The van der Waals surface area contributed by atoms with E-state index >= 15 is 0 Å². The second kappa shape index (κ2) is 7.35. The summed E-state index contributed by atoms with van der Waals surface area (Å²) in [5.74, 6) is -0.445. The zero-order valence-corrected chi connectivity index (χ0v) is 13.1. The number of amides is 1. The van der Waals surface area contributed by atoms with E-state index in [4.69, 9.17) is 11.6 Å². The molecule has 1 heterocycles. The molecule has 2 rings (SSSR count). The molecule has 8 heteroatoms. The molecule has 0 aliphatic rings. The zero-order valence-electron chi connectivity index (χ0n) is 11.5. The third-order valence-corrected chi connectivity index (χ3v) is 4.66. The predicted molar refractivity (Wildman–Crippen MR) is 82.7 cm³/mol. The maximum atomic E-state index is 12.0. The summed E-state index contributed by atoms with van der Waals surface area (Å²) in [5.41, 5.74) is 0.824. The molecule has 22 heavy (non-hydrogen) atoms. The highest BCUT2D eigenvalue weighted by Crippen LogP contribution is 2.19. The van der Waals surface area contributed by atoms with Crippen molar-refractivity contribution in [3.8, 4) is 0 Å². The van der Waals surface area contributed by atoms with Crippen molar-refractivity contribution >= 4 is 27.5 Å². The number of sulfonamides is 1. The number of nitrogens with zero attached hydrogens (tertiary/aromatic N) is 1. The molecule has 0 aliphatic heterocycles. The van der Waals surface area contributed by atoms with Crippen molar-refractivity contribution in [1.29, 1.82) is 0 Å². The van der Waals surface area contributed by atoms with Gasteiger partial charge in [-0.2, -0.15) is 0 Å². The van der Waals surface area contributed by atoms with Gasteiger partial charge in [-0.25, -0.2) is 13.1 Å². The topological polar surface area (TPSA) is 88.2 Å². The average molecular weight is 340 g/mol. The summed E-state index contributed by atoms with van der Waals surface area (Å²) in [5, 5.41) is 2.70. The van der Waals surface area contributed by atoms with Gasteiger partial charge in [-0.1, -0.05) is 29.8 Å². The standard InChI is InChI=1S/C14H14ClN3O3S/c15-12-5-1-2-6-13(12)22(20,21)18-10-14(19)17-9-11-4-3-7-16-8-11/h1-8,18H,9-10H2,(H,17,19). The van der Waals surface area contributed by atoms with Crippen LogP contribution in [0.15, 0.2) is 53.7 Å². The number of benzene rings is 1. The predicted octanol–water partition coefficient (Wildman–Crippen LogP) is 1.33. The molecule has 0 unspecified atom stereocenters. The number of carbonyl (C=O) groups is 1. The number of halogens is 1. The van der Waals surface area contributed by atoms with E-state index < -0.39 is 15.9 Å². The monoisotopic (exact) mass is 339 g/mol. The second-order valence-electron chi connectivity index (χ2n) is 4.39. The Labute approximate surface area is 133 Å². The second-order valence-corrected chi connectivity index (χ2v) is 6.54. The Kier molecular flexibility index (Phi) is 5.48. The molecule has 0 bridgehead atoms. The van der Waals surface area contributed by atoms with E-state index in [2.05, 4.69) is 15.0 Å². The van der Waals surface area contributed by atoms with Crippen LogP contribution in [0.1, 0.15) is 5.56 Å². The van der Waals surface area contributed by atoms with Crippen molar-refractivity contribution in [2.24, 2.45) is 0 Å². The number of pyridine rings is 1. The van der Waals surface area contributed by atoms with E-state index in [9.17, 15) is 13.2 Å². The highest BCUT2D eigenvalue weighted by molar-refractivity contribution is 7.89. The lowest BCUT2D eigenvalue weighted by Crippen LogP contribution is -2.36. The molecule has 0 saturated heterocycles. The van der Waals surface area contributed by atoms with Crippen LogP contribution < -0.4 is 10.0 Å². The van der Waals surface area contributed by atoms with Crippen LogP contribution in [-0.2, 0) is 21.4 Å². The maximum absolute atomic E-state index is 12.0. The van der Waals surface area contributed by atoms with Crippen molar-refractivity contribution in [2.75, 3.05) is 6.54 Å². The van der Waals surface area contributed by atoms with Crippen LogP contribution in [0.2, 0.25) is 5.02 Å². The lowest BCUT2D eigenvalue weighted by Gasteiger charge is -2.08. The maximum Gasteiger partial charge on any atom is 0.242 e. The van der Waals surface area contributed by atoms with Crippen molar-refractivity contribution in [3.63, 3.8) is 0 Å². The third kappa shape index (κ3) is 4.52. The summed E-state index contributed by atoms with van der Waals surface area (Å²) < 4.78 is 26.3. The first-order chi connectivity index (χ1) is 10.5. The molecular formula is C14H14ClN3O3S. The lowest BCUT2D eigenvalue weighted by molar-refractivity contribution is -0.120. The normalized spacial score (nSPS) is 11.1. The first kappa shape index (κ1) is 16.4. The van der Waals surface area contributed by atoms with Crippen LogP contribution in [0, 0.1) is 0 Å². The molecule has 0 radical (unpaired) electrons. The van der Waals surface area contributed by atoms with Crippen LogP contribution in [0.4, 0.5) is 0 Å². The summed E-state index contributed by atoms with van der Waals surface area (Å²) in [6.45, 7) is -0.0890. The molecule has 1 amide bonds. The van der Waals surface area contributed by atoms with E-state index in [0.29, 0.717) is 0 Å². The minimum atomic E-state index is -3.82. The molecule has 2 N–H and O–H groups in total. The number of aromatic nitrogens is 1. The molecule has 0 saturated carbocycles. The fourth-order valence-electron chi connectivity index (χ4n) is 1.67. The molecule has 2 aromatic rings. The van der Waals surface area contributed by atoms with Gasteiger partial charge in [0.1, 0.15) is 4.90 Å². The number of hydrogen-bond donors (Lipinski definition) is 2. The minimum Gasteiger partial charge on any atom is -0.351 e. The van der Waals surface area contributed by atoms with Crippen LogP contribution in [0.3, 0.4) is 0 Å². The zero-order chi connectivity index (χ0) is 16.0. The van der Waals surface area contributed by atoms with Crippen molar-refractivity contribution < 1.29 is 13.2 Å². The molecular weight excluding hydrogens is 326 g/mol. The molecule has 0 aliphatic carbocycles. The molecule has 116 valence electrons. The molecule has 0 spiro atoms. The minimum absolute atomic E-state index is 0.0586. The van der Waals surface area contributed by atoms with Crippen molar-refractivity contribution in [2.45, 2.75) is 11.4 Å². The first-order valence-electron chi connectivity index (χ1n) is 6.39. The van der Waals surface area contributed by atoms with Gasteiger partial charge in [0.25, 0.3) is 0 Å². The fraction of sp³-hybridized carbons (Fsp3) is 0.143. The van der Waals surface area contributed by atoms with Gasteiger partial charge >= 0.3 is 0 Å². The first-order valence-corrected chi connectivity index (χ1v) is 8.25. The van der Waals surface area contributed by atoms with Gasteiger partial charge in [-0.05, 0) is 23.8 Å². The SMILES string of the molecule is O=C(CNS(=O)(=O)c1ccccc1Cl)NCc1cccnc1. The van der Waals surface area contributed by atoms with Gasteiger partial charge in [0.2, 0.25) is 15.9 Å². The molecule has 6 nitrogen and oxygen atoms in total. The Balaban J connectivity index is 1.89. The molecule has 0 fully saturated rings. The summed E-state index contributed by atoms with van der Waals surface area (Å²) in [7, 11) is -3.82. The molecule has 1 aromatic carbocycles. The van der Waals surface area contributed by atoms with Crippen molar-refractivity contribution in [3.05, 3.63) is 59.4 Å². The number of hydrogen-bond acceptors (Lipinski definition) is 4. The van der Waals surface area contributed by atoms with Gasteiger partial charge in [0.05, 0.1) is 11.6 Å². The van der Waals surface area contributed by atoms with Crippen LogP contribution >= 0.6 is 11.6 Å². The van der Waals surface area contributed by atoms with Gasteiger partial charge in [0, 0.05) is 18.9 Å². The lowest BCUT2D eigenvalue weighted by atomic mass is 10.3. The summed E-state index contributed by atoms with van der Waals surface area (Å²) >= 11 is 5.84. The number of nitrogens with one attached hydrogen (secondary N) is 2. The van der Waals surface area contributed by atoms with E-state index in [-0.39, 0.29) is 23.0 Å². The number of carbonyl (C=O) groups excluding carboxylic acids is 1. The Morgan fingerprint density at radius 3 is 2.64 bits per heavy atom. The van der Waals surface area contributed by atoms with Crippen LogP contribution in [0.5, 0.6) is 0 Å². The van der Waals surface area contributed by atoms with Crippen LogP contribution in [0.25, 0.3) is 0 Å². The Bertz CT molecular complexity index is 751. The molecule has 1 aromatic heterocycles. The average Bonchev–Trinajstić information content (AvgIpc) is 2.52. The highest BCUT2D eigenvalue weighted by Gasteiger charge is 2.18. The Hall–Kier alpha value is -1.96. The summed E-state index contributed by atoms with van der Waals surface area (Å²) in [4.78, 5) is 15.5. The van der Waals surface area contributed by atoms with Gasteiger partial charge in [0.15, 0.2) is 0 Å². The summed E-state index contributed by atoms with van der Waals surface area (Å²) in [6, 6.07) is 9.59. The largest absolute Gasteiger partial charge is 0.351 e. The third-order valence-electron chi connectivity index (χ3n) is 2.76.